The zero-order valence-electron chi connectivity index (χ0n) is 15.5. The van der Waals surface area contributed by atoms with Crippen molar-refractivity contribution in [1.82, 2.24) is 0 Å². The second kappa shape index (κ2) is 7.67. The number of Topliss-reactive ketones (excluding diaryl/α,β-unsaturated/α-hetero) is 1. The van der Waals surface area contributed by atoms with Gasteiger partial charge in [0.1, 0.15) is 17.1 Å². The quantitative estimate of drug-likeness (QED) is 0.505. The maximum absolute atomic E-state index is 12.3. The van der Waals surface area contributed by atoms with Crippen molar-refractivity contribution in [3.8, 4) is 11.5 Å². The smallest absolute Gasteiger partial charge is 0.310 e. The van der Waals surface area contributed by atoms with Gasteiger partial charge in [-0.3, -0.25) is 14.4 Å². The Morgan fingerprint density at radius 1 is 1.17 bits per heavy atom. The van der Waals surface area contributed by atoms with Crippen LogP contribution in [0.25, 0.3) is 11.0 Å². The van der Waals surface area contributed by atoms with E-state index in [9.17, 15) is 14.4 Å². The van der Waals surface area contributed by atoms with Crippen molar-refractivity contribution in [2.24, 2.45) is 0 Å². The predicted molar refractivity (Wildman–Crippen MR) is 102 cm³/mol. The molecular formula is C21H17NO7. The van der Waals surface area contributed by atoms with E-state index in [-0.39, 0.29) is 24.7 Å². The van der Waals surface area contributed by atoms with Crippen LogP contribution < -0.4 is 14.8 Å². The largest absolute Gasteiger partial charge is 0.497 e. The van der Waals surface area contributed by atoms with Gasteiger partial charge >= 0.3 is 5.97 Å². The molecular weight excluding hydrogens is 378 g/mol. The van der Waals surface area contributed by atoms with E-state index in [4.69, 9.17) is 18.6 Å². The molecule has 0 atom stereocenters. The lowest BCUT2D eigenvalue weighted by Gasteiger charge is -2.18. The first kappa shape index (κ1) is 18.5. The summed E-state index contributed by atoms with van der Waals surface area (Å²) < 4.78 is 21.0. The molecule has 0 saturated heterocycles. The molecule has 1 N–H and O–H groups in total. The van der Waals surface area contributed by atoms with Gasteiger partial charge in [0.05, 0.1) is 25.5 Å². The normalized spacial score (nSPS) is 12.7. The molecule has 148 valence electrons. The first-order valence-electron chi connectivity index (χ1n) is 8.83. The minimum atomic E-state index is -0.550. The molecule has 8 heteroatoms. The standard InChI is InChI=1S/C21H17NO7/c1-26-14-3-4-15-13(9-27-19(15)8-14)7-21(25)29-10-17(23)12-2-5-18-16(6-12)22-20(24)11-28-18/h2-6,8-9H,7,10-11H2,1H3,(H,22,24). The van der Waals surface area contributed by atoms with E-state index in [2.05, 4.69) is 5.32 Å². The summed E-state index contributed by atoms with van der Waals surface area (Å²) in [4.78, 5) is 35.9. The predicted octanol–water partition coefficient (Wildman–Crippen LogP) is 2.74. The Balaban J connectivity index is 1.38. The van der Waals surface area contributed by atoms with Gasteiger partial charge in [0, 0.05) is 22.6 Å². The molecule has 2 aromatic carbocycles. The highest BCUT2D eigenvalue weighted by atomic mass is 16.5. The van der Waals surface area contributed by atoms with Crippen molar-refractivity contribution in [3.63, 3.8) is 0 Å². The molecule has 1 aliphatic rings. The van der Waals surface area contributed by atoms with Gasteiger partial charge in [0.15, 0.2) is 19.0 Å². The Morgan fingerprint density at radius 3 is 2.86 bits per heavy atom. The molecule has 3 aromatic rings. The minimum absolute atomic E-state index is 0.0271. The Hall–Kier alpha value is -3.81. The topological polar surface area (TPSA) is 104 Å². The van der Waals surface area contributed by atoms with Gasteiger partial charge in [0.2, 0.25) is 0 Å². The molecule has 0 fully saturated rings. The van der Waals surface area contributed by atoms with Crippen LogP contribution in [0.1, 0.15) is 15.9 Å². The van der Waals surface area contributed by atoms with Crippen molar-refractivity contribution in [1.29, 1.82) is 0 Å². The van der Waals surface area contributed by atoms with Crippen LogP contribution in [0.15, 0.2) is 47.1 Å². The van der Waals surface area contributed by atoms with Crippen molar-refractivity contribution in [3.05, 3.63) is 53.8 Å². The Labute approximate surface area is 165 Å². The van der Waals surface area contributed by atoms with Crippen LogP contribution in [0.4, 0.5) is 5.69 Å². The van der Waals surface area contributed by atoms with E-state index in [0.29, 0.717) is 33.9 Å². The Morgan fingerprint density at radius 2 is 2.03 bits per heavy atom. The van der Waals surface area contributed by atoms with Crippen molar-refractivity contribution in [2.45, 2.75) is 6.42 Å². The zero-order valence-corrected chi connectivity index (χ0v) is 15.5. The van der Waals surface area contributed by atoms with Crippen LogP contribution in [0, 0.1) is 0 Å². The number of amides is 1. The highest BCUT2D eigenvalue weighted by Gasteiger charge is 2.19. The van der Waals surface area contributed by atoms with Crippen molar-refractivity contribution >= 4 is 34.3 Å². The fraction of sp³-hybridized carbons (Fsp3) is 0.190. The van der Waals surface area contributed by atoms with Gasteiger partial charge in [-0.25, -0.2) is 0 Å². The summed E-state index contributed by atoms with van der Waals surface area (Å²) >= 11 is 0. The molecule has 2 heterocycles. The van der Waals surface area contributed by atoms with Crippen molar-refractivity contribution < 1.29 is 33.0 Å². The number of anilines is 1. The summed E-state index contributed by atoms with van der Waals surface area (Å²) in [6, 6.07) is 9.95. The number of ether oxygens (including phenoxy) is 3. The molecule has 1 amide bonds. The number of furan rings is 1. The molecule has 4 rings (SSSR count). The molecule has 0 aliphatic carbocycles. The molecule has 1 aromatic heterocycles. The summed E-state index contributed by atoms with van der Waals surface area (Å²) in [6.07, 6.45) is 1.46. The lowest BCUT2D eigenvalue weighted by Crippen LogP contribution is -2.25. The van der Waals surface area contributed by atoms with Crippen LogP contribution in [0.5, 0.6) is 11.5 Å². The second-order valence-electron chi connectivity index (χ2n) is 6.43. The molecule has 8 nitrogen and oxygen atoms in total. The number of methoxy groups -OCH3 is 1. The maximum Gasteiger partial charge on any atom is 0.310 e. The summed E-state index contributed by atoms with van der Waals surface area (Å²) in [5, 5.41) is 3.41. The van der Waals surface area contributed by atoms with Gasteiger partial charge in [-0.2, -0.15) is 0 Å². The van der Waals surface area contributed by atoms with Crippen molar-refractivity contribution in [2.75, 3.05) is 25.6 Å². The number of rotatable bonds is 6. The number of fused-ring (bicyclic) bond motifs is 2. The number of carbonyl (C=O) groups is 3. The van der Waals surface area contributed by atoms with E-state index in [0.717, 1.165) is 5.39 Å². The highest BCUT2D eigenvalue weighted by molar-refractivity contribution is 6.01. The van der Waals surface area contributed by atoms with Gasteiger partial charge in [-0.1, -0.05) is 0 Å². The highest BCUT2D eigenvalue weighted by Crippen LogP contribution is 2.29. The first-order valence-corrected chi connectivity index (χ1v) is 8.83. The number of ketones is 1. The average Bonchev–Trinajstić information content (AvgIpc) is 3.13. The molecule has 0 bridgehead atoms. The van der Waals surface area contributed by atoms with Gasteiger partial charge in [0.25, 0.3) is 5.91 Å². The fourth-order valence-electron chi connectivity index (χ4n) is 3.02. The lowest BCUT2D eigenvalue weighted by molar-refractivity contribution is -0.141. The third kappa shape index (κ3) is 3.91. The van der Waals surface area contributed by atoms with E-state index in [1.807, 2.05) is 0 Å². The monoisotopic (exact) mass is 395 g/mol. The summed E-state index contributed by atoms with van der Waals surface area (Å²) in [5.41, 5.74) is 1.98. The number of carbonyl (C=O) groups excluding carboxylic acids is 3. The van der Waals surface area contributed by atoms with E-state index in [1.54, 1.807) is 37.4 Å². The van der Waals surface area contributed by atoms with Crippen LogP contribution in [0.2, 0.25) is 0 Å². The van der Waals surface area contributed by atoms with E-state index >= 15 is 0 Å². The Kier molecular flexibility index (Phi) is 4.90. The van der Waals surface area contributed by atoms with E-state index < -0.39 is 12.6 Å². The first-order chi connectivity index (χ1) is 14.0. The second-order valence-corrected chi connectivity index (χ2v) is 6.43. The molecule has 0 radical (unpaired) electrons. The minimum Gasteiger partial charge on any atom is -0.497 e. The molecule has 1 aliphatic heterocycles. The van der Waals surface area contributed by atoms with Crippen LogP contribution >= 0.6 is 0 Å². The van der Waals surface area contributed by atoms with Gasteiger partial charge in [-0.15, -0.1) is 0 Å². The van der Waals surface area contributed by atoms with E-state index in [1.165, 1.54) is 12.3 Å². The SMILES string of the molecule is COc1ccc2c(CC(=O)OCC(=O)c3ccc4c(c3)NC(=O)CO4)coc2c1. The molecule has 0 saturated carbocycles. The average molecular weight is 395 g/mol. The number of nitrogens with one attached hydrogen (secondary N) is 1. The third-order valence-corrected chi connectivity index (χ3v) is 4.50. The lowest BCUT2D eigenvalue weighted by atomic mass is 10.1. The fourth-order valence-corrected chi connectivity index (χ4v) is 3.02. The summed E-state index contributed by atoms with van der Waals surface area (Å²) in [7, 11) is 1.56. The number of benzene rings is 2. The Bertz CT molecular complexity index is 1120. The molecule has 0 spiro atoms. The van der Waals surface area contributed by atoms with Gasteiger partial charge in [-0.05, 0) is 30.3 Å². The van der Waals surface area contributed by atoms with Gasteiger partial charge < -0.3 is 23.9 Å². The number of hydrogen-bond acceptors (Lipinski definition) is 7. The summed E-state index contributed by atoms with van der Waals surface area (Å²) in [5.74, 6) is -0.0902. The van der Waals surface area contributed by atoms with Crippen LogP contribution in [-0.4, -0.2) is 38.0 Å². The third-order valence-electron chi connectivity index (χ3n) is 4.50. The van der Waals surface area contributed by atoms with Crippen LogP contribution in [-0.2, 0) is 20.7 Å². The summed E-state index contributed by atoms with van der Waals surface area (Å²) in [6.45, 7) is -0.469. The maximum atomic E-state index is 12.3. The van der Waals surface area contributed by atoms with Crippen LogP contribution in [0.3, 0.4) is 0 Å². The number of hydrogen-bond donors (Lipinski definition) is 1. The molecule has 29 heavy (non-hydrogen) atoms. The number of esters is 1. The molecule has 0 unspecified atom stereocenters. The zero-order chi connectivity index (χ0) is 20.4.